The van der Waals surface area contributed by atoms with Gasteiger partial charge in [0, 0.05) is 12.5 Å². The molecule has 146 valence electrons. The quantitative estimate of drug-likeness (QED) is 0.396. The third-order valence-electron chi connectivity index (χ3n) is 4.12. The van der Waals surface area contributed by atoms with Gasteiger partial charge in [0.05, 0.1) is 37.0 Å². The van der Waals surface area contributed by atoms with Gasteiger partial charge < -0.3 is 14.8 Å². The van der Waals surface area contributed by atoms with Gasteiger partial charge in [-0.1, -0.05) is 11.6 Å². The van der Waals surface area contributed by atoms with Crippen LogP contribution in [0, 0.1) is 17.0 Å². The normalized spacial score (nSPS) is 15.3. The summed E-state index contributed by atoms with van der Waals surface area (Å²) in [6.07, 6.45) is 1.94. The van der Waals surface area contributed by atoms with Crippen LogP contribution < -0.4 is 10.1 Å². The van der Waals surface area contributed by atoms with Crippen LogP contribution in [0.5, 0.6) is 5.88 Å². The first-order chi connectivity index (χ1) is 12.9. The molecule has 0 radical (unpaired) electrons. The second-order valence-electron chi connectivity index (χ2n) is 6.15. The third kappa shape index (κ3) is 4.40. The minimum Gasteiger partial charge on any atom is -0.472 e. The topological polar surface area (TPSA) is 117 Å². The fourth-order valence-corrected chi connectivity index (χ4v) is 2.87. The van der Waals surface area contributed by atoms with Crippen LogP contribution in [-0.4, -0.2) is 50.5 Å². The Morgan fingerprint density at radius 2 is 2.26 bits per heavy atom. The molecule has 2 aromatic rings. The van der Waals surface area contributed by atoms with E-state index in [1.807, 2.05) is 6.92 Å². The molecule has 1 aliphatic rings. The van der Waals surface area contributed by atoms with Crippen molar-refractivity contribution in [1.82, 2.24) is 19.7 Å². The van der Waals surface area contributed by atoms with Crippen molar-refractivity contribution in [2.75, 3.05) is 25.1 Å². The molecule has 3 rings (SSSR count). The van der Waals surface area contributed by atoms with Crippen molar-refractivity contribution in [2.24, 2.45) is 0 Å². The minimum atomic E-state index is -0.474. The van der Waals surface area contributed by atoms with E-state index < -0.39 is 4.92 Å². The lowest BCUT2D eigenvalue weighted by Crippen LogP contribution is -2.32. The van der Waals surface area contributed by atoms with Crippen molar-refractivity contribution < 1.29 is 14.4 Å². The van der Waals surface area contributed by atoms with Gasteiger partial charge in [-0.2, -0.15) is 4.98 Å². The first kappa shape index (κ1) is 19.6. The van der Waals surface area contributed by atoms with Crippen LogP contribution in [-0.2, 0) is 4.74 Å². The van der Waals surface area contributed by atoms with E-state index in [2.05, 4.69) is 20.4 Å². The van der Waals surface area contributed by atoms with Gasteiger partial charge in [-0.05, 0) is 25.4 Å². The first-order valence-corrected chi connectivity index (χ1v) is 9.01. The molecule has 1 atom stereocenters. The van der Waals surface area contributed by atoms with Crippen molar-refractivity contribution in [3.63, 3.8) is 0 Å². The van der Waals surface area contributed by atoms with Gasteiger partial charge in [0.25, 0.3) is 0 Å². The number of hydrogen-bond acceptors (Lipinski definition) is 8. The van der Waals surface area contributed by atoms with Crippen molar-refractivity contribution in [3.8, 4) is 5.88 Å². The Labute approximate surface area is 164 Å². The van der Waals surface area contributed by atoms with Crippen molar-refractivity contribution in [2.45, 2.75) is 32.4 Å². The maximum absolute atomic E-state index is 11.4. The molecule has 10 nitrogen and oxygen atoms in total. The fraction of sp³-hybridized carbons (Fsp3) is 0.533. The second kappa shape index (κ2) is 8.24. The Kier molecular flexibility index (Phi) is 5.98. The molecular weight excluding hydrogens is 399 g/mol. The number of nitrogens with zero attached hydrogens (tertiary/aromatic N) is 5. The van der Waals surface area contributed by atoms with Gasteiger partial charge in [-0.25, -0.2) is 4.98 Å². The predicted molar refractivity (Wildman–Crippen MR) is 98.7 cm³/mol. The number of nitro groups is 1. The molecule has 0 bridgehead atoms. The van der Waals surface area contributed by atoms with E-state index in [9.17, 15) is 10.1 Å². The van der Waals surface area contributed by atoms with E-state index >= 15 is 0 Å². The highest BCUT2D eigenvalue weighted by Gasteiger charge is 2.32. The average molecular weight is 417 g/mol. The molecule has 0 aromatic carbocycles. The van der Waals surface area contributed by atoms with Crippen molar-refractivity contribution in [1.29, 1.82) is 0 Å². The number of aromatic nitrogens is 4. The lowest BCUT2D eigenvalue weighted by atomic mass is 10.2. The standard InChI is InChI=1S/C15H18Cl2N6O4/c1-8(19-13-11(16)5-18-15(17)20-13)3-4-27-14-12(23(24)25)9(2)22(21-14)10-6-26-7-10/h5,8,10H,3-4,6-7H2,1-2H3,(H,18,19,20). The average Bonchev–Trinajstić information content (AvgIpc) is 2.86. The zero-order valence-electron chi connectivity index (χ0n) is 14.7. The first-order valence-electron chi connectivity index (χ1n) is 8.25. The molecule has 12 heteroatoms. The lowest BCUT2D eigenvalue weighted by Gasteiger charge is -2.26. The van der Waals surface area contributed by atoms with Crippen molar-refractivity contribution in [3.05, 3.63) is 32.3 Å². The van der Waals surface area contributed by atoms with Crippen molar-refractivity contribution >= 4 is 34.7 Å². The summed E-state index contributed by atoms with van der Waals surface area (Å²) in [4.78, 5) is 18.7. The SMILES string of the molecule is Cc1c([N+](=O)[O-])c(OCCC(C)Nc2nc(Cl)ncc2Cl)nn1C1COC1. The smallest absolute Gasteiger partial charge is 0.352 e. The molecule has 1 fully saturated rings. The summed E-state index contributed by atoms with van der Waals surface area (Å²) in [7, 11) is 0. The van der Waals surface area contributed by atoms with E-state index in [4.69, 9.17) is 32.7 Å². The lowest BCUT2D eigenvalue weighted by molar-refractivity contribution is -0.386. The van der Waals surface area contributed by atoms with Gasteiger partial charge in [-0.15, -0.1) is 5.10 Å². The summed E-state index contributed by atoms with van der Waals surface area (Å²) in [5.74, 6) is 0.431. The third-order valence-corrected chi connectivity index (χ3v) is 4.58. The molecule has 0 amide bonds. The van der Waals surface area contributed by atoms with Crippen LogP contribution in [0.2, 0.25) is 10.3 Å². The molecule has 0 saturated carbocycles. The number of anilines is 1. The molecule has 1 saturated heterocycles. The highest BCUT2D eigenvalue weighted by atomic mass is 35.5. The predicted octanol–water partition coefficient (Wildman–Crippen LogP) is 3.04. The summed E-state index contributed by atoms with van der Waals surface area (Å²) in [5.41, 5.74) is 0.338. The molecule has 1 N–H and O–H groups in total. The van der Waals surface area contributed by atoms with E-state index in [0.29, 0.717) is 36.2 Å². The molecule has 0 spiro atoms. The molecule has 27 heavy (non-hydrogen) atoms. The Morgan fingerprint density at radius 3 is 2.89 bits per heavy atom. The summed E-state index contributed by atoms with van der Waals surface area (Å²) in [5, 5.41) is 19.2. The number of ether oxygens (including phenoxy) is 2. The Bertz CT molecular complexity index is 842. The largest absolute Gasteiger partial charge is 0.472 e. The maximum atomic E-state index is 11.4. The van der Waals surface area contributed by atoms with Gasteiger partial charge >= 0.3 is 11.6 Å². The maximum Gasteiger partial charge on any atom is 0.352 e. The number of rotatable bonds is 8. The molecule has 3 heterocycles. The zero-order valence-corrected chi connectivity index (χ0v) is 16.2. The summed E-state index contributed by atoms with van der Waals surface area (Å²) >= 11 is 11.8. The van der Waals surface area contributed by atoms with Crippen LogP contribution in [0.1, 0.15) is 25.1 Å². The van der Waals surface area contributed by atoms with E-state index in [1.165, 1.54) is 6.20 Å². The van der Waals surface area contributed by atoms with E-state index in [0.717, 1.165) is 0 Å². The fourth-order valence-electron chi connectivity index (χ4n) is 2.60. The van der Waals surface area contributed by atoms with Gasteiger partial charge in [-0.3, -0.25) is 14.8 Å². The Morgan fingerprint density at radius 1 is 1.52 bits per heavy atom. The summed E-state index contributed by atoms with van der Waals surface area (Å²) < 4.78 is 12.3. The summed E-state index contributed by atoms with van der Waals surface area (Å²) in [6, 6.07) is -0.0676. The molecule has 1 unspecified atom stereocenters. The number of nitrogens with one attached hydrogen (secondary N) is 1. The molecule has 2 aromatic heterocycles. The summed E-state index contributed by atoms with van der Waals surface area (Å²) in [6.45, 7) is 4.76. The Hall–Kier alpha value is -2.17. The second-order valence-corrected chi connectivity index (χ2v) is 6.90. The van der Waals surface area contributed by atoms with Gasteiger partial charge in [0.2, 0.25) is 5.28 Å². The van der Waals surface area contributed by atoms with Crippen LogP contribution in [0.4, 0.5) is 11.5 Å². The van der Waals surface area contributed by atoms with Gasteiger partial charge in [0.1, 0.15) is 16.5 Å². The highest BCUT2D eigenvalue weighted by Crippen LogP contribution is 2.33. The molecule has 0 aliphatic carbocycles. The van der Waals surface area contributed by atoms with Crippen LogP contribution in [0.25, 0.3) is 0 Å². The van der Waals surface area contributed by atoms with E-state index in [1.54, 1.807) is 11.6 Å². The monoisotopic (exact) mass is 416 g/mol. The van der Waals surface area contributed by atoms with Crippen LogP contribution in [0.15, 0.2) is 6.20 Å². The number of halogens is 2. The minimum absolute atomic E-state index is 0.00583. The van der Waals surface area contributed by atoms with Crippen LogP contribution in [0.3, 0.4) is 0 Å². The van der Waals surface area contributed by atoms with Crippen LogP contribution >= 0.6 is 23.2 Å². The highest BCUT2D eigenvalue weighted by molar-refractivity contribution is 6.33. The number of hydrogen-bond donors (Lipinski definition) is 1. The van der Waals surface area contributed by atoms with Gasteiger partial charge in [0.15, 0.2) is 0 Å². The molecular formula is C15H18Cl2N6O4. The van der Waals surface area contributed by atoms with E-state index in [-0.39, 0.29) is 35.5 Å². The molecule has 1 aliphatic heterocycles. The Balaban J connectivity index is 1.61. The zero-order chi connectivity index (χ0) is 19.6.